The van der Waals surface area contributed by atoms with Crippen molar-refractivity contribution >= 4 is 11.9 Å². The maximum Gasteiger partial charge on any atom is 0.344 e. The van der Waals surface area contributed by atoms with Crippen LogP contribution in [0.25, 0.3) is 0 Å². The van der Waals surface area contributed by atoms with Gasteiger partial charge < -0.3 is 14.2 Å². The number of ether oxygens (including phenoxy) is 3. The second-order valence-electron chi connectivity index (χ2n) is 8.21. The summed E-state index contributed by atoms with van der Waals surface area (Å²) in [5, 5.41) is 0. The first kappa shape index (κ1) is 17.5. The standard InChI is InChI=1S/C19H28O5/c1-5-15(20)22-10-16(21)24-19-9-14-7-17(4,12-19)11-18(8-14,13(19)3)23-6-2/h5,13-14H,1,6-12H2,2-4H3. The van der Waals surface area contributed by atoms with Crippen LogP contribution in [0.2, 0.25) is 0 Å². The van der Waals surface area contributed by atoms with Crippen LogP contribution in [0.3, 0.4) is 0 Å². The van der Waals surface area contributed by atoms with Crippen molar-refractivity contribution < 1.29 is 23.8 Å². The van der Waals surface area contributed by atoms with E-state index in [0.29, 0.717) is 12.5 Å². The molecule has 0 aromatic heterocycles. The van der Waals surface area contributed by atoms with Crippen LogP contribution < -0.4 is 0 Å². The highest BCUT2D eigenvalue weighted by Gasteiger charge is 2.68. The number of esters is 2. The Labute approximate surface area is 143 Å². The molecule has 0 spiro atoms. The molecule has 4 aliphatic carbocycles. The fourth-order valence-corrected chi connectivity index (χ4v) is 5.96. The van der Waals surface area contributed by atoms with E-state index in [1.54, 1.807) is 0 Å². The van der Waals surface area contributed by atoms with E-state index in [9.17, 15) is 9.59 Å². The summed E-state index contributed by atoms with van der Waals surface area (Å²) in [4.78, 5) is 23.4. The molecule has 4 fully saturated rings. The van der Waals surface area contributed by atoms with Crippen molar-refractivity contribution in [2.24, 2.45) is 17.3 Å². The normalized spacial score (nSPS) is 42.6. The van der Waals surface area contributed by atoms with Gasteiger partial charge in [-0.15, -0.1) is 0 Å². The number of carbonyl (C=O) groups excluding carboxylic acids is 2. The maximum absolute atomic E-state index is 12.3. The van der Waals surface area contributed by atoms with E-state index in [2.05, 4.69) is 20.4 Å². The SMILES string of the molecule is C=CC(=O)OCC(=O)OC12CC3CC(C)(CC(OCC)(C3)C1C)C2. The van der Waals surface area contributed by atoms with Crippen molar-refractivity contribution in [2.75, 3.05) is 13.2 Å². The van der Waals surface area contributed by atoms with Gasteiger partial charge in [-0.25, -0.2) is 9.59 Å². The summed E-state index contributed by atoms with van der Waals surface area (Å²) in [6.07, 6.45) is 6.08. The Kier molecular flexibility index (Phi) is 4.27. The summed E-state index contributed by atoms with van der Waals surface area (Å²) >= 11 is 0. The summed E-state index contributed by atoms with van der Waals surface area (Å²) in [7, 11) is 0. The Morgan fingerprint density at radius 3 is 2.50 bits per heavy atom. The Balaban J connectivity index is 1.79. The Morgan fingerprint density at radius 2 is 1.88 bits per heavy atom. The first-order valence-corrected chi connectivity index (χ1v) is 8.91. The Hall–Kier alpha value is -1.36. The van der Waals surface area contributed by atoms with Crippen LogP contribution in [-0.4, -0.2) is 36.4 Å². The van der Waals surface area contributed by atoms with E-state index in [1.807, 2.05) is 6.92 Å². The highest BCUT2D eigenvalue weighted by atomic mass is 16.6. The van der Waals surface area contributed by atoms with Gasteiger partial charge in [0.15, 0.2) is 6.61 Å². The van der Waals surface area contributed by atoms with E-state index >= 15 is 0 Å². The molecule has 5 heteroatoms. The molecule has 0 N–H and O–H groups in total. The van der Waals surface area contributed by atoms with Gasteiger partial charge in [-0.3, -0.25) is 0 Å². The van der Waals surface area contributed by atoms with Crippen LogP contribution in [0.5, 0.6) is 0 Å². The summed E-state index contributed by atoms with van der Waals surface area (Å²) in [5.74, 6) is -0.407. The largest absolute Gasteiger partial charge is 0.456 e. The van der Waals surface area contributed by atoms with Gasteiger partial charge in [-0.05, 0) is 50.4 Å². The van der Waals surface area contributed by atoms with E-state index in [0.717, 1.165) is 31.8 Å². The van der Waals surface area contributed by atoms with Gasteiger partial charge in [0, 0.05) is 18.6 Å². The van der Waals surface area contributed by atoms with Crippen LogP contribution in [0.15, 0.2) is 12.7 Å². The molecule has 4 rings (SSSR count). The number of carbonyl (C=O) groups is 2. The third kappa shape index (κ3) is 2.77. The molecule has 24 heavy (non-hydrogen) atoms. The molecule has 4 bridgehead atoms. The quantitative estimate of drug-likeness (QED) is 0.551. The van der Waals surface area contributed by atoms with Gasteiger partial charge in [-0.2, -0.15) is 0 Å². The summed E-state index contributed by atoms with van der Waals surface area (Å²) in [5.41, 5.74) is -0.539. The zero-order valence-corrected chi connectivity index (χ0v) is 14.9. The molecular formula is C19H28O5. The van der Waals surface area contributed by atoms with Crippen LogP contribution in [0.4, 0.5) is 0 Å². The molecule has 0 heterocycles. The van der Waals surface area contributed by atoms with Crippen molar-refractivity contribution in [3.63, 3.8) is 0 Å². The molecule has 4 aliphatic rings. The Morgan fingerprint density at radius 1 is 1.21 bits per heavy atom. The molecule has 0 saturated heterocycles. The lowest BCUT2D eigenvalue weighted by molar-refractivity contribution is -0.284. The molecule has 5 nitrogen and oxygen atoms in total. The molecule has 0 amide bonds. The number of hydrogen-bond donors (Lipinski definition) is 0. The third-order valence-corrected chi connectivity index (χ3v) is 6.33. The van der Waals surface area contributed by atoms with Crippen molar-refractivity contribution in [3.05, 3.63) is 12.7 Å². The van der Waals surface area contributed by atoms with E-state index in [1.165, 1.54) is 6.42 Å². The van der Waals surface area contributed by atoms with Gasteiger partial charge >= 0.3 is 11.9 Å². The van der Waals surface area contributed by atoms with Crippen molar-refractivity contribution in [1.29, 1.82) is 0 Å². The minimum Gasteiger partial charge on any atom is -0.456 e. The molecule has 4 saturated carbocycles. The molecule has 0 aromatic rings. The van der Waals surface area contributed by atoms with Gasteiger partial charge in [0.25, 0.3) is 0 Å². The van der Waals surface area contributed by atoms with E-state index in [-0.39, 0.29) is 23.5 Å². The first-order valence-electron chi connectivity index (χ1n) is 8.91. The summed E-state index contributed by atoms with van der Waals surface area (Å²) < 4.78 is 17.1. The average Bonchev–Trinajstić information content (AvgIpc) is 2.48. The smallest absolute Gasteiger partial charge is 0.344 e. The Bertz CT molecular complexity index is 558. The topological polar surface area (TPSA) is 61.8 Å². The summed E-state index contributed by atoms with van der Waals surface area (Å²) in [6.45, 7) is 10.1. The van der Waals surface area contributed by atoms with Crippen LogP contribution in [0, 0.1) is 17.3 Å². The molecule has 5 unspecified atom stereocenters. The molecular weight excluding hydrogens is 308 g/mol. The van der Waals surface area contributed by atoms with Crippen molar-refractivity contribution in [2.45, 2.75) is 64.1 Å². The van der Waals surface area contributed by atoms with Crippen LogP contribution in [0.1, 0.15) is 52.9 Å². The second-order valence-corrected chi connectivity index (χ2v) is 8.21. The highest BCUT2D eigenvalue weighted by molar-refractivity contribution is 5.83. The molecule has 134 valence electrons. The summed E-state index contributed by atoms with van der Waals surface area (Å²) in [6, 6.07) is 0. The second kappa shape index (κ2) is 5.87. The predicted molar refractivity (Wildman–Crippen MR) is 88.2 cm³/mol. The third-order valence-electron chi connectivity index (χ3n) is 6.33. The molecule has 0 aromatic carbocycles. The van der Waals surface area contributed by atoms with Crippen LogP contribution in [-0.2, 0) is 23.8 Å². The van der Waals surface area contributed by atoms with Gasteiger partial charge in [0.1, 0.15) is 5.60 Å². The van der Waals surface area contributed by atoms with E-state index in [4.69, 9.17) is 14.2 Å². The zero-order valence-electron chi connectivity index (χ0n) is 14.9. The lowest BCUT2D eigenvalue weighted by atomic mass is 9.43. The highest BCUT2D eigenvalue weighted by Crippen LogP contribution is 2.67. The number of hydrogen-bond acceptors (Lipinski definition) is 5. The van der Waals surface area contributed by atoms with Gasteiger partial charge in [0.2, 0.25) is 0 Å². The lowest BCUT2D eigenvalue weighted by Gasteiger charge is -2.67. The fraction of sp³-hybridized carbons (Fsp3) is 0.789. The minimum atomic E-state index is -0.608. The van der Waals surface area contributed by atoms with Crippen molar-refractivity contribution in [1.82, 2.24) is 0 Å². The zero-order chi connectivity index (χ0) is 17.6. The average molecular weight is 336 g/mol. The van der Waals surface area contributed by atoms with E-state index < -0.39 is 17.5 Å². The maximum atomic E-state index is 12.3. The fourth-order valence-electron chi connectivity index (χ4n) is 5.96. The molecule has 5 atom stereocenters. The predicted octanol–water partition coefficient (Wildman–Crippen LogP) is 3.02. The van der Waals surface area contributed by atoms with Gasteiger partial charge in [0.05, 0.1) is 5.60 Å². The molecule has 0 aliphatic heterocycles. The number of rotatable bonds is 6. The minimum absolute atomic E-state index is 0.147. The first-order chi connectivity index (χ1) is 11.3. The monoisotopic (exact) mass is 336 g/mol. The van der Waals surface area contributed by atoms with Crippen molar-refractivity contribution in [3.8, 4) is 0 Å². The van der Waals surface area contributed by atoms with Gasteiger partial charge in [-0.1, -0.05) is 20.4 Å². The lowest BCUT2D eigenvalue weighted by Crippen LogP contribution is -2.69. The van der Waals surface area contributed by atoms with Crippen LogP contribution >= 0.6 is 0 Å². The molecule has 0 radical (unpaired) electrons.